The molecular weight excluding hydrogens is 282 g/mol. The van der Waals surface area contributed by atoms with Crippen LogP contribution in [0.15, 0.2) is 41.3 Å². The summed E-state index contributed by atoms with van der Waals surface area (Å²) in [5, 5.41) is 2.50. The van der Waals surface area contributed by atoms with Gasteiger partial charge in [-0.1, -0.05) is 0 Å². The molecule has 0 atom stereocenters. The number of aromatic amines is 1. The van der Waals surface area contributed by atoms with E-state index in [2.05, 4.69) is 15.0 Å². The minimum Gasteiger partial charge on any atom is -0.435 e. The molecule has 0 saturated carbocycles. The number of amides is 1. The summed E-state index contributed by atoms with van der Waals surface area (Å²) in [7, 11) is 0. The van der Waals surface area contributed by atoms with Crippen molar-refractivity contribution in [3.8, 4) is 5.75 Å². The van der Waals surface area contributed by atoms with Crippen LogP contribution in [0.1, 0.15) is 16.1 Å². The number of aromatic nitrogens is 1. The molecule has 5 nitrogen and oxygen atoms in total. The van der Waals surface area contributed by atoms with Crippen molar-refractivity contribution in [2.45, 2.75) is 13.5 Å². The third-order valence-electron chi connectivity index (χ3n) is 2.64. The number of alkyl halides is 2. The van der Waals surface area contributed by atoms with Crippen LogP contribution < -0.4 is 15.5 Å². The van der Waals surface area contributed by atoms with Gasteiger partial charge in [0.1, 0.15) is 11.3 Å². The van der Waals surface area contributed by atoms with Crippen molar-refractivity contribution in [1.29, 1.82) is 0 Å². The quantitative estimate of drug-likeness (QED) is 0.910. The van der Waals surface area contributed by atoms with Crippen molar-refractivity contribution in [3.63, 3.8) is 0 Å². The fourth-order valence-corrected chi connectivity index (χ4v) is 1.67. The highest BCUT2D eigenvalue weighted by molar-refractivity contribution is 6.03. The van der Waals surface area contributed by atoms with Crippen molar-refractivity contribution < 1.29 is 18.3 Å². The number of anilines is 1. The van der Waals surface area contributed by atoms with E-state index >= 15 is 0 Å². The molecule has 1 heterocycles. The summed E-state index contributed by atoms with van der Waals surface area (Å²) >= 11 is 0. The Kier molecular flexibility index (Phi) is 4.32. The Labute approximate surface area is 118 Å². The average Bonchev–Trinajstić information content (AvgIpc) is 2.40. The number of carbonyl (C=O) groups excluding carboxylic acids is 1. The standard InChI is InChI=1S/C14H12F2N2O3/c1-8-6-12(19)11(7-17-8)13(20)18-9-2-4-10(5-3-9)21-14(15)16/h2-7,14H,1H3,(H,17,19)(H,18,20). The van der Waals surface area contributed by atoms with Gasteiger partial charge in [-0.25, -0.2) is 0 Å². The zero-order chi connectivity index (χ0) is 15.4. The second-order valence-electron chi connectivity index (χ2n) is 4.25. The second-order valence-corrected chi connectivity index (χ2v) is 4.25. The average molecular weight is 294 g/mol. The van der Waals surface area contributed by atoms with Crippen molar-refractivity contribution in [3.05, 3.63) is 58.0 Å². The molecule has 7 heteroatoms. The van der Waals surface area contributed by atoms with Crippen LogP contribution in [0, 0.1) is 6.92 Å². The zero-order valence-corrected chi connectivity index (χ0v) is 11.0. The van der Waals surface area contributed by atoms with E-state index in [9.17, 15) is 18.4 Å². The van der Waals surface area contributed by atoms with Gasteiger partial charge in [0.05, 0.1) is 0 Å². The van der Waals surface area contributed by atoms with E-state index < -0.39 is 17.9 Å². The predicted molar refractivity (Wildman–Crippen MR) is 72.8 cm³/mol. The summed E-state index contributed by atoms with van der Waals surface area (Å²) in [5.41, 5.74) is 0.571. The molecule has 2 N–H and O–H groups in total. The molecule has 21 heavy (non-hydrogen) atoms. The second kappa shape index (κ2) is 6.17. The van der Waals surface area contributed by atoms with E-state index in [1.165, 1.54) is 36.5 Å². The van der Waals surface area contributed by atoms with E-state index in [4.69, 9.17) is 0 Å². The Balaban J connectivity index is 2.10. The Morgan fingerprint density at radius 2 is 1.95 bits per heavy atom. The molecule has 0 radical (unpaired) electrons. The van der Waals surface area contributed by atoms with Crippen LogP contribution in [0.5, 0.6) is 5.75 Å². The summed E-state index contributed by atoms with van der Waals surface area (Å²) in [4.78, 5) is 26.4. The first-order chi connectivity index (χ1) is 9.95. The maximum atomic E-state index is 12.0. The number of hydrogen-bond acceptors (Lipinski definition) is 3. The van der Waals surface area contributed by atoms with Crippen LogP contribution >= 0.6 is 0 Å². The van der Waals surface area contributed by atoms with Crippen molar-refractivity contribution in [1.82, 2.24) is 4.98 Å². The van der Waals surface area contributed by atoms with Gasteiger partial charge < -0.3 is 15.0 Å². The number of rotatable bonds is 4. The third-order valence-corrected chi connectivity index (χ3v) is 2.64. The van der Waals surface area contributed by atoms with Crippen molar-refractivity contribution in [2.24, 2.45) is 0 Å². The van der Waals surface area contributed by atoms with Gasteiger partial charge in [-0.2, -0.15) is 8.78 Å². The van der Waals surface area contributed by atoms with Gasteiger partial charge in [0.2, 0.25) is 0 Å². The number of H-pyrrole nitrogens is 1. The Bertz CT molecular complexity index is 696. The number of carbonyl (C=O) groups is 1. The van der Waals surface area contributed by atoms with Crippen LogP contribution in [-0.4, -0.2) is 17.5 Å². The maximum Gasteiger partial charge on any atom is 0.387 e. The zero-order valence-electron chi connectivity index (χ0n) is 11.0. The molecule has 0 fully saturated rings. The lowest BCUT2D eigenvalue weighted by Crippen LogP contribution is -2.21. The molecule has 2 aromatic rings. The number of aryl methyl sites for hydroxylation is 1. The molecule has 0 bridgehead atoms. The Morgan fingerprint density at radius 1 is 1.29 bits per heavy atom. The molecule has 2 rings (SSSR count). The number of ether oxygens (including phenoxy) is 1. The minimum absolute atomic E-state index is 0.0174. The molecule has 110 valence electrons. The molecule has 1 aromatic carbocycles. The minimum atomic E-state index is -2.91. The molecule has 1 amide bonds. The van der Waals surface area contributed by atoms with Gasteiger partial charge in [0.25, 0.3) is 5.91 Å². The van der Waals surface area contributed by atoms with Crippen LogP contribution in [0.3, 0.4) is 0 Å². The lowest BCUT2D eigenvalue weighted by molar-refractivity contribution is -0.0498. The van der Waals surface area contributed by atoms with Crippen LogP contribution in [0.4, 0.5) is 14.5 Å². The van der Waals surface area contributed by atoms with E-state index in [0.29, 0.717) is 11.4 Å². The molecule has 0 spiro atoms. The van der Waals surface area contributed by atoms with E-state index in [0.717, 1.165) is 0 Å². The highest BCUT2D eigenvalue weighted by atomic mass is 19.3. The van der Waals surface area contributed by atoms with Crippen molar-refractivity contribution in [2.75, 3.05) is 5.32 Å². The van der Waals surface area contributed by atoms with E-state index in [1.807, 2.05) is 0 Å². The first-order valence-electron chi connectivity index (χ1n) is 6.01. The molecule has 0 aliphatic heterocycles. The molecule has 0 aliphatic carbocycles. The topological polar surface area (TPSA) is 71.2 Å². The lowest BCUT2D eigenvalue weighted by atomic mass is 10.2. The monoisotopic (exact) mass is 294 g/mol. The van der Waals surface area contributed by atoms with Gasteiger partial charge >= 0.3 is 6.61 Å². The summed E-state index contributed by atoms with van der Waals surface area (Å²) in [5.74, 6) is -0.602. The van der Waals surface area contributed by atoms with Crippen molar-refractivity contribution >= 4 is 11.6 Å². The van der Waals surface area contributed by atoms with Crippen LogP contribution in [0.2, 0.25) is 0 Å². The molecule has 0 saturated heterocycles. The number of hydrogen-bond donors (Lipinski definition) is 2. The first kappa shape index (κ1) is 14.7. The smallest absolute Gasteiger partial charge is 0.387 e. The molecule has 0 aliphatic rings. The Morgan fingerprint density at radius 3 is 2.52 bits per heavy atom. The van der Waals surface area contributed by atoms with E-state index in [1.54, 1.807) is 6.92 Å². The fourth-order valence-electron chi connectivity index (χ4n) is 1.67. The summed E-state index contributed by atoms with van der Waals surface area (Å²) in [6, 6.07) is 6.70. The van der Waals surface area contributed by atoms with Crippen LogP contribution in [0.25, 0.3) is 0 Å². The number of pyridine rings is 1. The lowest BCUT2D eigenvalue weighted by Gasteiger charge is -2.07. The van der Waals surface area contributed by atoms with Gasteiger partial charge in [0.15, 0.2) is 5.43 Å². The fraction of sp³-hybridized carbons (Fsp3) is 0.143. The maximum absolute atomic E-state index is 12.0. The van der Waals surface area contributed by atoms with Gasteiger partial charge in [-0.05, 0) is 31.2 Å². The Hall–Kier alpha value is -2.70. The predicted octanol–water partition coefficient (Wildman–Crippen LogP) is 2.54. The molecular formula is C14H12F2N2O3. The van der Waals surface area contributed by atoms with Gasteiger partial charge in [0, 0.05) is 23.6 Å². The molecule has 0 unspecified atom stereocenters. The summed E-state index contributed by atoms with van der Waals surface area (Å²) in [6.07, 6.45) is 1.32. The normalized spacial score (nSPS) is 10.5. The van der Waals surface area contributed by atoms with Crippen LogP contribution in [-0.2, 0) is 0 Å². The van der Waals surface area contributed by atoms with Gasteiger partial charge in [-0.15, -0.1) is 0 Å². The van der Waals surface area contributed by atoms with Gasteiger partial charge in [-0.3, -0.25) is 9.59 Å². The number of benzene rings is 1. The SMILES string of the molecule is Cc1cc(=O)c(C(=O)Nc2ccc(OC(F)F)cc2)c[nH]1. The summed E-state index contributed by atoms with van der Waals surface area (Å²) < 4.78 is 28.2. The highest BCUT2D eigenvalue weighted by Crippen LogP contribution is 2.17. The summed E-state index contributed by atoms with van der Waals surface area (Å²) in [6.45, 7) is -1.21. The third kappa shape index (κ3) is 3.88. The first-order valence-corrected chi connectivity index (χ1v) is 6.01. The molecule has 1 aromatic heterocycles. The largest absolute Gasteiger partial charge is 0.435 e. The highest BCUT2D eigenvalue weighted by Gasteiger charge is 2.11. The number of nitrogens with one attached hydrogen (secondary N) is 2. The number of halogens is 2. The van der Waals surface area contributed by atoms with E-state index in [-0.39, 0.29) is 11.3 Å².